The van der Waals surface area contributed by atoms with Gasteiger partial charge >= 0.3 is 0 Å². The first-order valence-corrected chi connectivity index (χ1v) is 11.1. The molecule has 0 bridgehead atoms. The fraction of sp³-hybridized carbons (Fsp3) is 0.526. The molecule has 4 rings (SSSR count). The van der Waals surface area contributed by atoms with E-state index in [0.717, 1.165) is 5.57 Å². The summed E-state index contributed by atoms with van der Waals surface area (Å²) in [6.45, 7) is 0.950. The number of ether oxygens (including phenoxy) is 2. The minimum atomic E-state index is -1.16. The minimum absolute atomic E-state index is 0.0482. The van der Waals surface area contributed by atoms with Gasteiger partial charge in [-0.2, -0.15) is 17.0 Å². The van der Waals surface area contributed by atoms with Gasteiger partial charge in [-0.25, -0.2) is 15.0 Å². The zero-order chi connectivity index (χ0) is 22.0. The van der Waals surface area contributed by atoms with Gasteiger partial charge < -0.3 is 25.0 Å². The second-order valence-corrected chi connectivity index (χ2v) is 8.12. The first-order valence-electron chi connectivity index (χ1n) is 9.74. The van der Waals surface area contributed by atoms with Crippen LogP contribution in [0, 0.1) is 11.3 Å². The number of aliphatic hydroxyl groups is 2. The Labute approximate surface area is 182 Å². The largest absolute Gasteiger partial charge is 0.387 e. The number of nitriles is 1. The maximum absolute atomic E-state index is 12.7. The van der Waals surface area contributed by atoms with Gasteiger partial charge in [-0.3, -0.25) is 9.36 Å². The van der Waals surface area contributed by atoms with E-state index in [4.69, 9.17) is 9.47 Å². The molecule has 2 aliphatic heterocycles. The minimum Gasteiger partial charge on any atom is -0.387 e. The van der Waals surface area contributed by atoms with Gasteiger partial charge in [0, 0.05) is 5.75 Å². The number of imidazole rings is 1. The molecule has 4 atom stereocenters. The van der Waals surface area contributed by atoms with E-state index in [9.17, 15) is 20.3 Å². The number of aromatic nitrogens is 4. The van der Waals surface area contributed by atoms with Crippen LogP contribution in [0.3, 0.4) is 0 Å². The number of rotatable bonds is 5. The van der Waals surface area contributed by atoms with E-state index in [1.165, 1.54) is 29.0 Å². The number of nitrogens with zero attached hydrogens (tertiary/aromatic N) is 5. The molecule has 11 nitrogen and oxygen atoms in total. The summed E-state index contributed by atoms with van der Waals surface area (Å²) in [5, 5.41) is 32.8. The van der Waals surface area contributed by atoms with Crippen LogP contribution in [0.1, 0.15) is 19.1 Å². The standard InChI is InChI=1S/C19H22N6O5S/c1-31-7-12-14(26)15(27)19(30-12)25-9-23-13-16(21-8-22-17(13)25)24-18(28)11(6-20)10-2-4-29-5-3-10/h8-9,12,14-15,19,26-27H,2-5,7H2,1H3,(H,21,22,24,28)/t12-,14-,15-,19-/m1/s1. The molecule has 2 aromatic heterocycles. The SMILES string of the molecule is CSC[C@H]1O[C@@H](n2cnc3c(NC(=O)C(C#N)=C4CCOCC4)ncnc32)[C@H](O)[C@@H]1O. The number of carbonyl (C=O) groups is 1. The van der Waals surface area contributed by atoms with Crippen LogP contribution in [0.2, 0.25) is 0 Å². The highest BCUT2D eigenvalue weighted by Gasteiger charge is 2.44. The van der Waals surface area contributed by atoms with E-state index in [-0.39, 0.29) is 16.9 Å². The molecule has 0 radical (unpaired) electrons. The number of aliphatic hydroxyl groups excluding tert-OH is 2. The van der Waals surface area contributed by atoms with Crippen molar-refractivity contribution in [3.8, 4) is 6.07 Å². The molecule has 2 saturated heterocycles. The summed E-state index contributed by atoms with van der Waals surface area (Å²) in [7, 11) is 0. The van der Waals surface area contributed by atoms with E-state index in [1.807, 2.05) is 12.3 Å². The predicted octanol–water partition coefficient (Wildman–Crippen LogP) is 0.378. The molecule has 1 amide bonds. The summed E-state index contributed by atoms with van der Waals surface area (Å²) in [6, 6.07) is 1.98. The maximum atomic E-state index is 12.7. The molecule has 12 heteroatoms. The average Bonchev–Trinajstić information content (AvgIpc) is 3.32. The van der Waals surface area contributed by atoms with Crippen LogP contribution in [0.15, 0.2) is 23.8 Å². The van der Waals surface area contributed by atoms with Gasteiger partial charge in [-0.05, 0) is 24.7 Å². The zero-order valence-corrected chi connectivity index (χ0v) is 17.6. The van der Waals surface area contributed by atoms with E-state index in [2.05, 4.69) is 20.3 Å². The van der Waals surface area contributed by atoms with E-state index >= 15 is 0 Å². The van der Waals surface area contributed by atoms with Crippen LogP contribution in [0.25, 0.3) is 11.2 Å². The lowest BCUT2D eigenvalue weighted by Gasteiger charge is -2.17. The van der Waals surface area contributed by atoms with Crippen molar-refractivity contribution >= 4 is 34.7 Å². The van der Waals surface area contributed by atoms with Gasteiger partial charge in [0.1, 0.15) is 30.2 Å². The molecule has 164 valence electrons. The summed E-state index contributed by atoms with van der Waals surface area (Å²) < 4.78 is 12.6. The van der Waals surface area contributed by atoms with Crippen molar-refractivity contribution in [2.45, 2.75) is 37.4 Å². The predicted molar refractivity (Wildman–Crippen MR) is 111 cm³/mol. The van der Waals surface area contributed by atoms with Crippen molar-refractivity contribution in [1.29, 1.82) is 5.26 Å². The molecule has 3 N–H and O–H groups in total. The number of amides is 1. The molecule has 2 aliphatic rings. The molecule has 4 heterocycles. The Bertz CT molecular complexity index is 1040. The van der Waals surface area contributed by atoms with Gasteiger partial charge in [0.05, 0.1) is 25.6 Å². The van der Waals surface area contributed by atoms with Crippen LogP contribution in [-0.2, 0) is 14.3 Å². The Morgan fingerprint density at radius 2 is 2.10 bits per heavy atom. The monoisotopic (exact) mass is 446 g/mol. The molecule has 0 spiro atoms. The Hall–Kier alpha value is -2.56. The van der Waals surface area contributed by atoms with E-state index in [1.54, 1.807) is 0 Å². The lowest BCUT2D eigenvalue weighted by Crippen LogP contribution is -2.32. The lowest BCUT2D eigenvalue weighted by molar-refractivity contribution is -0.112. The lowest BCUT2D eigenvalue weighted by atomic mass is 10.0. The third-order valence-electron chi connectivity index (χ3n) is 5.32. The summed E-state index contributed by atoms with van der Waals surface area (Å²) in [6.07, 6.45) is 2.00. The fourth-order valence-corrected chi connectivity index (χ4v) is 4.32. The highest BCUT2D eigenvalue weighted by atomic mass is 32.2. The van der Waals surface area contributed by atoms with Gasteiger partial charge in [0.2, 0.25) is 0 Å². The number of nitrogens with one attached hydrogen (secondary N) is 1. The van der Waals surface area contributed by atoms with E-state index < -0.39 is 30.4 Å². The van der Waals surface area contributed by atoms with Crippen molar-refractivity contribution in [3.05, 3.63) is 23.8 Å². The Kier molecular flexibility index (Phi) is 6.49. The number of fused-ring (bicyclic) bond motifs is 1. The number of hydrogen-bond donors (Lipinski definition) is 3. The molecule has 2 fully saturated rings. The Morgan fingerprint density at radius 1 is 1.32 bits per heavy atom. The first kappa shape index (κ1) is 21.7. The molecule has 2 aromatic rings. The third-order valence-corrected chi connectivity index (χ3v) is 5.98. The van der Waals surface area contributed by atoms with Crippen molar-refractivity contribution in [3.63, 3.8) is 0 Å². The van der Waals surface area contributed by atoms with Crippen LogP contribution in [-0.4, -0.2) is 79.2 Å². The number of thioether (sulfide) groups is 1. The second-order valence-electron chi connectivity index (χ2n) is 7.20. The molecule has 0 aromatic carbocycles. The summed E-state index contributed by atoms with van der Waals surface area (Å²) in [4.78, 5) is 25.3. The van der Waals surface area contributed by atoms with Crippen molar-refractivity contribution in [2.24, 2.45) is 0 Å². The molecule has 0 aliphatic carbocycles. The number of anilines is 1. The van der Waals surface area contributed by atoms with Gasteiger partial charge in [-0.15, -0.1) is 0 Å². The zero-order valence-electron chi connectivity index (χ0n) is 16.8. The summed E-state index contributed by atoms with van der Waals surface area (Å²) >= 11 is 1.50. The maximum Gasteiger partial charge on any atom is 0.267 e. The third kappa shape index (κ3) is 4.15. The van der Waals surface area contributed by atoms with Crippen molar-refractivity contribution in [1.82, 2.24) is 19.5 Å². The van der Waals surface area contributed by atoms with Gasteiger partial charge in [-0.1, -0.05) is 0 Å². The van der Waals surface area contributed by atoms with Gasteiger partial charge in [0.15, 0.2) is 23.2 Å². The molecular weight excluding hydrogens is 424 g/mol. The van der Waals surface area contributed by atoms with Crippen LogP contribution in [0.4, 0.5) is 5.82 Å². The average molecular weight is 446 g/mol. The highest BCUT2D eigenvalue weighted by molar-refractivity contribution is 7.98. The van der Waals surface area contributed by atoms with Gasteiger partial charge in [0.25, 0.3) is 5.91 Å². The topological polar surface area (TPSA) is 155 Å². The summed E-state index contributed by atoms with van der Waals surface area (Å²) in [5.41, 5.74) is 1.40. The fourth-order valence-electron chi connectivity index (χ4n) is 3.72. The van der Waals surface area contributed by atoms with Crippen LogP contribution < -0.4 is 5.32 Å². The van der Waals surface area contributed by atoms with Crippen LogP contribution >= 0.6 is 11.8 Å². The first-order chi connectivity index (χ1) is 15.0. The smallest absolute Gasteiger partial charge is 0.267 e. The highest BCUT2D eigenvalue weighted by Crippen LogP contribution is 2.33. The summed E-state index contributed by atoms with van der Waals surface area (Å²) in [5.74, 6) is 0.0956. The second kappa shape index (κ2) is 9.29. The van der Waals surface area contributed by atoms with E-state index in [0.29, 0.717) is 37.5 Å². The quantitative estimate of drug-likeness (QED) is 0.433. The molecule has 31 heavy (non-hydrogen) atoms. The van der Waals surface area contributed by atoms with Crippen LogP contribution in [0.5, 0.6) is 0 Å². The number of hydrogen-bond acceptors (Lipinski definition) is 10. The molecular formula is C19H22N6O5S. The molecule has 0 saturated carbocycles. The van der Waals surface area contributed by atoms with Crippen molar-refractivity contribution < 1.29 is 24.5 Å². The Balaban J connectivity index is 1.61. The Morgan fingerprint density at radius 3 is 2.81 bits per heavy atom. The normalized spacial score (nSPS) is 26.1. The number of carbonyl (C=O) groups excluding carboxylic acids is 1. The van der Waals surface area contributed by atoms with Crippen molar-refractivity contribution in [2.75, 3.05) is 30.5 Å². The molecule has 0 unspecified atom stereocenters.